The van der Waals surface area contributed by atoms with Crippen molar-refractivity contribution in [1.82, 2.24) is 15.2 Å². The van der Waals surface area contributed by atoms with E-state index in [1.54, 1.807) is 6.07 Å². The van der Waals surface area contributed by atoms with E-state index in [0.29, 0.717) is 17.4 Å². The second kappa shape index (κ2) is 2.62. The summed E-state index contributed by atoms with van der Waals surface area (Å²) in [6.45, 7) is 3.76. The van der Waals surface area contributed by atoms with Crippen molar-refractivity contribution >= 4 is 5.82 Å². The third-order valence-electron chi connectivity index (χ3n) is 1.86. The molecule has 5 nitrogen and oxygen atoms in total. The highest BCUT2D eigenvalue weighted by atomic mass is 16.4. The van der Waals surface area contributed by atoms with Crippen LogP contribution in [0.3, 0.4) is 0 Å². The molecule has 0 atom stereocenters. The van der Waals surface area contributed by atoms with Crippen LogP contribution in [0.25, 0.3) is 11.6 Å². The Balaban J connectivity index is 2.46. The quantitative estimate of drug-likeness (QED) is 0.688. The van der Waals surface area contributed by atoms with Crippen LogP contribution >= 0.6 is 0 Å². The number of nitrogens with zero attached hydrogens (tertiary/aromatic N) is 2. The van der Waals surface area contributed by atoms with Gasteiger partial charge in [-0.15, -0.1) is 0 Å². The third-order valence-corrected chi connectivity index (χ3v) is 1.86. The molecular weight excluding hydrogens is 168 g/mol. The lowest BCUT2D eigenvalue weighted by Crippen LogP contribution is -1.81. The lowest BCUT2D eigenvalue weighted by Gasteiger charge is -1.85. The van der Waals surface area contributed by atoms with Gasteiger partial charge in [-0.1, -0.05) is 0 Å². The van der Waals surface area contributed by atoms with Gasteiger partial charge in [0, 0.05) is 6.07 Å². The number of aromatic nitrogens is 3. The Kier molecular flexibility index (Phi) is 1.58. The molecule has 0 aromatic carbocycles. The maximum atomic E-state index is 5.45. The fourth-order valence-electron chi connectivity index (χ4n) is 1.03. The SMILES string of the molecule is Cc1nc(-c2cc(N)n[nH]2)oc1C. The molecule has 0 bridgehead atoms. The van der Waals surface area contributed by atoms with Crippen LogP contribution in [0, 0.1) is 13.8 Å². The molecule has 0 spiro atoms. The molecule has 0 aliphatic rings. The Hall–Kier alpha value is -1.78. The predicted octanol–water partition coefficient (Wildman–Crippen LogP) is 1.26. The molecule has 0 radical (unpaired) electrons. The van der Waals surface area contributed by atoms with Gasteiger partial charge in [-0.2, -0.15) is 5.10 Å². The van der Waals surface area contributed by atoms with Crippen molar-refractivity contribution in [3.8, 4) is 11.6 Å². The van der Waals surface area contributed by atoms with Crippen LogP contribution in [0.5, 0.6) is 0 Å². The summed E-state index contributed by atoms with van der Waals surface area (Å²) in [5.41, 5.74) is 7.03. The Labute approximate surface area is 75.0 Å². The number of hydrogen-bond acceptors (Lipinski definition) is 4. The van der Waals surface area contributed by atoms with Crippen molar-refractivity contribution in [2.24, 2.45) is 0 Å². The molecular formula is C8H10N4O. The van der Waals surface area contributed by atoms with Crippen LogP contribution in [-0.4, -0.2) is 15.2 Å². The van der Waals surface area contributed by atoms with Crippen LogP contribution < -0.4 is 5.73 Å². The van der Waals surface area contributed by atoms with Crippen molar-refractivity contribution in [2.45, 2.75) is 13.8 Å². The first kappa shape index (κ1) is 7.85. The molecule has 3 N–H and O–H groups in total. The van der Waals surface area contributed by atoms with Crippen LogP contribution in [-0.2, 0) is 0 Å². The van der Waals surface area contributed by atoms with E-state index in [0.717, 1.165) is 11.5 Å². The summed E-state index contributed by atoms with van der Waals surface area (Å²) in [4.78, 5) is 4.20. The zero-order valence-corrected chi connectivity index (χ0v) is 7.46. The first-order valence-electron chi connectivity index (χ1n) is 3.92. The number of hydrogen-bond donors (Lipinski definition) is 2. The highest BCUT2D eigenvalue weighted by Crippen LogP contribution is 2.20. The van der Waals surface area contributed by atoms with Crippen molar-refractivity contribution in [1.29, 1.82) is 0 Å². The molecule has 0 amide bonds. The summed E-state index contributed by atoms with van der Waals surface area (Å²) in [5, 5.41) is 6.52. The summed E-state index contributed by atoms with van der Waals surface area (Å²) >= 11 is 0. The molecule has 2 aromatic heterocycles. The average Bonchev–Trinajstić information content (AvgIpc) is 2.61. The number of nitrogens with two attached hydrogens (primary N) is 1. The van der Waals surface area contributed by atoms with E-state index in [1.807, 2.05) is 13.8 Å². The van der Waals surface area contributed by atoms with Crippen LogP contribution in [0.4, 0.5) is 5.82 Å². The maximum absolute atomic E-state index is 5.45. The van der Waals surface area contributed by atoms with Gasteiger partial charge in [0.1, 0.15) is 17.3 Å². The summed E-state index contributed by atoms with van der Waals surface area (Å²) in [6.07, 6.45) is 0. The lowest BCUT2D eigenvalue weighted by atomic mass is 10.4. The zero-order valence-electron chi connectivity index (χ0n) is 7.46. The largest absolute Gasteiger partial charge is 0.440 e. The third kappa shape index (κ3) is 1.28. The van der Waals surface area contributed by atoms with Crippen LogP contribution in [0.2, 0.25) is 0 Å². The summed E-state index contributed by atoms with van der Waals surface area (Å²) in [5.74, 6) is 1.77. The van der Waals surface area contributed by atoms with Gasteiger partial charge in [-0.3, -0.25) is 5.10 Å². The topological polar surface area (TPSA) is 80.7 Å². The van der Waals surface area contributed by atoms with Crippen molar-refractivity contribution in [2.75, 3.05) is 5.73 Å². The van der Waals surface area contributed by atoms with E-state index in [2.05, 4.69) is 15.2 Å². The summed E-state index contributed by atoms with van der Waals surface area (Å²) < 4.78 is 5.38. The van der Waals surface area contributed by atoms with E-state index in [-0.39, 0.29) is 0 Å². The fourth-order valence-corrected chi connectivity index (χ4v) is 1.03. The molecule has 2 heterocycles. The maximum Gasteiger partial charge on any atom is 0.245 e. The van der Waals surface area contributed by atoms with Crippen molar-refractivity contribution in [3.05, 3.63) is 17.5 Å². The first-order chi connectivity index (χ1) is 6.16. The van der Waals surface area contributed by atoms with Gasteiger partial charge in [0.15, 0.2) is 0 Å². The standard InChI is InChI=1S/C8H10N4O/c1-4-5(2)13-8(10-4)6-3-7(9)12-11-6/h3H,1-2H3,(H3,9,11,12). The molecule has 2 aromatic rings. The molecule has 0 saturated heterocycles. The molecule has 0 fully saturated rings. The Morgan fingerprint density at radius 1 is 1.46 bits per heavy atom. The highest BCUT2D eigenvalue weighted by molar-refractivity contribution is 5.52. The summed E-state index contributed by atoms with van der Waals surface area (Å²) in [7, 11) is 0. The summed E-state index contributed by atoms with van der Waals surface area (Å²) in [6, 6.07) is 1.69. The predicted molar refractivity (Wildman–Crippen MR) is 48.0 cm³/mol. The molecule has 0 aliphatic heterocycles. The lowest BCUT2D eigenvalue weighted by molar-refractivity contribution is 0.538. The Morgan fingerprint density at radius 3 is 2.69 bits per heavy atom. The van der Waals surface area contributed by atoms with E-state index in [4.69, 9.17) is 10.2 Å². The number of H-pyrrole nitrogens is 1. The van der Waals surface area contributed by atoms with Gasteiger partial charge in [0.25, 0.3) is 0 Å². The van der Waals surface area contributed by atoms with E-state index < -0.39 is 0 Å². The van der Waals surface area contributed by atoms with Gasteiger partial charge in [0.05, 0.1) is 5.69 Å². The zero-order chi connectivity index (χ0) is 9.42. The minimum absolute atomic E-state index is 0.434. The number of oxazole rings is 1. The number of nitrogens with one attached hydrogen (secondary N) is 1. The normalized spacial score (nSPS) is 10.6. The monoisotopic (exact) mass is 178 g/mol. The minimum atomic E-state index is 0.434. The number of nitrogen functional groups attached to an aromatic ring is 1. The van der Waals surface area contributed by atoms with E-state index in [1.165, 1.54) is 0 Å². The van der Waals surface area contributed by atoms with Gasteiger partial charge in [-0.25, -0.2) is 4.98 Å². The van der Waals surface area contributed by atoms with Crippen LogP contribution in [0.15, 0.2) is 10.5 Å². The number of anilines is 1. The second-order valence-corrected chi connectivity index (χ2v) is 2.87. The molecule has 0 saturated carbocycles. The molecule has 0 unspecified atom stereocenters. The van der Waals surface area contributed by atoms with Gasteiger partial charge in [-0.05, 0) is 13.8 Å². The molecule has 0 aliphatic carbocycles. The number of aryl methyl sites for hydroxylation is 2. The average molecular weight is 178 g/mol. The highest BCUT2D eigenvalue weighted by Gasteiger charge is 2.09. The molecule has 68 valence electrons. The van der Waals surface area contributed by atoms with Crippen molar-refractivity contribution < 1.29 is 4.42 Å². The van der Waals surface area contributed by atoms with Crippen LogP contribution in [0.1, 0.15) is 11.5 Å². The van der Waals surface area contributed by atoms with Gasteiger partial charge < -0.3 is 10.2 Å². The van der Waals surface area contributed by atoms with Gasteiger partial charge in [0.2, 0.25) is 5.89 Å². The smallest absolute Gasteiger partial charge is 0.245 e. The van der Waals surface area contributed by atoms with E-state index >= 15 is 0 Å². The Bertz CT molecular complexity index is 410. The molecule has 5 heteroatoms. The fraction of sp³-hybridized carbons (Fsp3) is 0.250. The van der Waals surface area contributed by atoms with Crippen molar-refractivity contribution in [3.63, 3.8) is 0 Å². The second-order valence-electron chi connectivity index (χ2n) is 2.87. The Morgan fingerprint density at radius 2 is 2.23 bits per heavy atom. The molecule has 2 rings (SSSR count). The molecule has 13 heavy (non-hydrogen) atoms. The minimum Gasteiger partial charge on any atom is -0.440 e. The number of aromatic amines is 1. The number of rotatable bonds is 1. The first-order valence-corrected chi connectivity index (χ1v) is 3.92. The van der Waals surface area contributed by atoms with E-state index in [9.17, 15) is 0 Å². The van der Waals surface area contributed by atoms with Gasteiger partial charge >= 0.3 is 0 Å².